The summed E-state index contributed by atoms with van der Waals surface area (Å²) in [7, 11) is 0. The average Bonchev–Trinajstić information content (AvgIpc) is 2.27. The predicted molar refractivity (Wildman–Crippen MR) is 74.9 cm³/mol. The van der Waals surface area contributed by atoms with Gasteiger partial charge in [0, 0.05) is 12.5 Å². The van der Waals surface area contributed by atoms with E-state index in [-0.39, 0.29) is 5.97 Å². The first-order valence-corrected chi connectivity index (χ1v) is 6.93. The molecule has 1 N–H and O–H groups in total. The molecule has 0 aromatic carbocycles. The number of carboxylic acid groups (broad SMARTS) is 1. The van der Waals surface area contributed by atoms with Gasteiger partial charge in [0.1, 0.15) is 5.60 Å². The maximum atomic E-state index is 11.7. The SMILES string of the molecule is CCCCCCCC(=O)OC(C)(C)/C(C)=C/C(=O)O. The fourth-order valence-electron chi connectivity index (χ4n) is 1.65. The number of ether oxygens (including phenoxy) is 1. The molecular formula is C15H26O4. The maximum Gasteiger partial charge on any atom is 0.328 e. The largest absolute Gasteiger partial charge is 0.478 e. The number of rotatable bonds is 9. The van der Waals surface area contributed by atoms with E-state index in [4.69, 9.17) is 9.84 Å². The highest BCUT2D eigenvalue weighted by Gasteiger charge is 2.25. The molecule has 0 atom stereocenters. The molecule has 0 fully saturated rings. The van der Waals surface area contributed by atoms with Gasteiger partial charge in [-0.25, -0.2) is 4.79 Å². The number of hydrogen-bond acceptors (Lipinski definition) is 3. The number of carbonyl (C=O) groups is 2. The molecular weight excluding hydrogens is 244 g/mol. The molecule has 0 aliphatic rings. The third kappa shape index (κ3) is 8.41. The fraction of sp³-hybridized carbons (Fsp3) is 0.733. The van der Waals surface area contributed by atoms with Crippen LogP contribution in [0.4, 0.5) is 0 Å². The van der Waals surface area contributed by atoms with Crippen molar-refractivity contribution in [3.05, 3.63) is 11.6 Å². The summed E-state index contributed by atoms with van der Waals surface area (Å²) in [4.78, 5) is 22.3. The standard InChI is InChI=1S/C15H26O4/c1-5-6-7-8-9-10-14(18)19-15(3,4)12(2)11-13(16)17/h11H,5-10H2,1-4H3,(H,16,17)/b12-11+. The van der Waals surface area contributed by atoms with Crippen molar-refractivity contribution in [3.63, 3.8) is 0 Å². The van der Waals surface area contributed by atoms with Crippen molar-refractivity contribution in [1.29, 1.82) is 0 Å². The predicted octanol–water partition coefficient (Wildman–Crippen LogP) is 3.70. The van der Waals surface area contributed by atoms with Gasteiger partial charge in [-0.05, 0) is 32.8 Å². The minimum absolute atomic E-state index is 0.264. The van der Waals surface area contributed by atoms with Gasteiger partial charge in [-0.15, -0.1) is 0 Å². The first kappa shape index (κ1) is 17.7. The highest BCUT2D eigenvalue weighted by Crippen LogP contribution is 2.21. The normalized spacial score (nSPS) is 12.3. The third-order valence-corrected chi connectivity index (χ3v) is 3.14. The van der Waals surface area contributed by atoms with Gasteiger partial charge in [-0.1, -0.05) is 32.6 Å². The second kappa shape index (κ2) is 8.73. The summed E-state index contributed by atoms with van der Waals surface area (Å²) in [5.74, 6) is -1.29. The van der Waals surface area contributed by atoms with E-state index in [0.29, 0.717) is 12.0 Å². The molecule has 0 aromatic rings. The van der Waals surface area contributed by atoms with Crippen LogP contribution < -0.4 is 0 Å². The van der Waals surface area contributed by atoms with Crippen LogP contribution in [0, 0.1) is 0 Å². The molecule has 110 valence electrons. The van der Waals surface area contributed by atoms with Crippen LogP contribution >= 0.6 is 0 Å². The molecule has 0 unspecified atom stereocenters. The minimum atomic E-state index is -1.03. The second-order valence-electron chi connectivity index (χ2n) is 5.31. The van der Waals surface area contributed by atoms with Gasteiger partial charge in [0.05, 0.1) is 0 Å². The highest BCUT2D eigenvalue weighted by molar-refractivity contribution is 5.81. The Morgan fingerprint density at radius 2 is 1.74 bits per heavy atom. The van der Waals surface area contributed by atoms with Crippen LogP contribution in [-0.2, 0) is 14.3 Å². The number of carboxylic acids is 1. The van der Waals surface area contributed by atoms with Crippen LogP contribution in [0.2, 0.25) is 0 Å². The van der Waals surface area contributed by atoms with Gasteiger partial charge >= 0.3 is 11.9 Å². The van der Waals surface area contributed by atoms with Gasteiger partial charge < -0.3 is 9.84 Å². The Hall–Kier alpha value is -1.32. The topological polar surface area (TPSA) is 63.6 Å². The molecule has 0 saturated heterocycles. The zero-order chi connectivity index (χ0) is 14.9. The number of carbonyl (C=O) groups excluding carboxylic acids is 1. The molecule has 0 aromatic heterocycles. The van der Waals surface area contributed by atoms with Gasteiger partial charge in [-0.3, -0.25) is 4.79 Å². The van der Waals surface area contributed by atoms with Crippen molar-refractivity contribution < 1.29 is 19.4 Å². The Bertz CT molecular complexity index is 329. The van der Waals surface area contributed by atoms with Crippen LogP contribution in [0.1, 0.15) is 66.2 Å². The van der Waals surface area contributed by atoms with Crippen molar-refractivity contribution in [2.75, 3.05) is 0 Å². The lowest BCUT2D eigenvalue weighted by atomic mass is 9.99. The minimum Gasteiger partial charge on any atom is -0.478 e. The molecule has 0 bridgehead atoms. The van der Waals surface area contributed by atoms with E-state index in [0.717, 1.165) is 25.3 Å². The molecule has 0 amide bonds. The first-order chi connectivity index (χ1) is 8.79. The van der Waals surface area contributed by atoms with E-state index in [1.807, 2.05) is 0 Å². The zero-order valence-electron chi connectivity index (χ0n) is 12.5. The van der Waals surface area contributed by atoms with Crippen LogP contribution in [0.5, 0.6) is 0 Å². The molecule has 0 radical (unpaired) electrons. The van der Waals surface area contributed by atoms with E-state index in [1.54, 1.807) is 20.8 Å². The summed E-state index contributed by atoms with van der Waals surface area (Å²) in [6, 6.07) is 0. The van der Waals surface area contributed by atoms with E-state index < -0.39 is 11.6 Å². The second-order valence-corrected chi connectivity index (χ2v) is 5.31. The summed E-state index contributed by atoms with van der Waals surface area (Å²) in [5, 5.41) is 8.69. The van der Waals surface area contributed by atoms with Crippen LogP contribution in [0.3, 0.4) is 0 Å². The molecule has 0 saturated carbocycles. The van der Waals surface area contributed by atoms with Gasteiger partial charge in [-0.2, -0.15) is 0 Å². The van der Waals surface area contributed by atoms with Gasteiger partial charge in [0.2, 0.25) is 0 Å². The first-order valence-electron chi connectivity index (χ1n) is 6.93. The molecule has 4 nitrogen and oxygen atoms in total. The molecule has 4 heteroatoms. The molecule has 0 spiro atoms. The Morgan fingerprint density at radius 3 is 2.26 bits per heavy atom. The van der Waals surface area contributed by atoms with Crippen molar-refractivity contribution in [2.45, 2.75) is 71.8 Å². The lowest BCUT2D eigenvalue weighted by molar-refractivity contribution is -0.153. The molecule has 0 aliphatic carbocycles. The highest BCUT2D eigenvalue weighted by atomic mass is 16.6. The summed E-state index contributed by atoms with van der Waals surface area (Å²) >= 11 is 0. The lowest BCUT2D eigenvalue weighted by Crippen LogP contribution is -2.29. The zero-order valence-corrected chi connectivity index (χ0v) is 12.5. The third-order valence-electron chi connectivity index (χ3n) is 3.14. The van der Waals surface area contributed by atoms with Crippen molar-refractivity contribution in [2.24, 2.45) is 0 Å². The molecule has 19 heavy (non-hydrogen) atoms. The van der Waals surface area contributed by atoms with E-state index in [9.17, 15) is 9.59 Å². The van der Waals surface area contributed by atoms with Crippen molar-refractivity contribution >= 4 is 11.9 Å². The monoisotopic (exact) mass is 270 g/mol. The smallest absolute Gasteiger partial charge is 0.328 e. The van der Waals surface area contributed by atoms with Crippen molar-refractivity contribution in [1.82, 2.24) is 0 Å². The molecule has 0 aliphatic heterocycles. The lowest BCUT2D eigenvalue weighted by Gasteiger charge is -2.26. The van der Waals surface area contributed by atoms with Crippen LogP contribution in [0.25, 0.3) is 0 Å². The van der Waals surface area contributed by atoms with E-state index in [1.165, 1.54) is 12.8 Å². The summed E-state index contributed by atoms with van der Waals surface area (Å²) in [6.45, 7) is 7.21. The van der Waals surface area contributed by atoms with Gasteiger partial charge in [0.15, 0.2) is 0 Å². The molecule has 0 rings (SSSR count). The fourth-order valence-corrected chi connectivity index (χ4v) is 1.65. The Morgan fingerprint density at radius 1 is 1.16 bits per heavy atom. The summed E-state index contributed by atoms with van der Waals surface area (Å²) in [6.07, 6.45) is 6.86. The maximum absolute atomic E-state index is 11.7. The van der Waals surface area contributed by atoms with E-state index in [2.05, 4.69) is 6.92 Å². The Labute approximate surface area is 115 Å². The van der Waals surface area contributed by atoms with E-state index >= 15 is 0 Å². The van der Waals surface area contributed by atoms with Crippen LogP contribution in [0.15, 0.2) is 11.6 Å². The van der Waals surface area contributed by atoms with Crippen molar-refractivity contribution in [3.8, 4) is 0 Å². The number of esters is 1. The average molecular weight is 270 g/mol. The quantitative estimate of drug-likeness (QED) is 0.394. The van der Waals surface area contributed by atoms with Gasteiger partial charge in [0.25, 0.3) is 0 Å². The Kier molecular flexibility index (Phi) is 8.12. The molecule has 0 heterocycles. The summed E-state index contributed by atoms with van der Waals surface area (Å²) < 4.78 is 5.34. The summed E-state index contributed by atoms with van der Waals surface area (Å²) in [5.41, 5.74) is -0.335. The number of unbranched alkanes of at least 4 members (excludes halogenated alkanes) is 4. The number of hydrogen-bond donors (Lipinski definition) is 1. The van der Waals surface area contributed by atoms with Crippen LogP contribution in [-0.4, -0.2) is 22.6 Å². The Balaban J connectivity index is 4.13. The number of aliphatic carboxylic acids is 1.